The first-order chi connectivity index (χ1) is 9.19. The quantitative estimate of drug-likeness (QED) is 0.719. The molecule has 2 heterocycles. The first-order valence-electron chi connectivity index (χ1n) is 5.80. The lowest BCUT2D eigenvalue weighted by Crippen LogP contribution is -1.93. The number of methoxy groups -OCH3 is 1. The summed E-state index contributed by atoms with van der Waals surface area (Å²) in [6.45, 7) is 0. The minimum Gasteiger partial charge on any atom is -0.497 e. The van der Waals surface area contributed by atoms with Crippen molar-refractivity contribution in [2.75, 3.05) is 7.11 Å². The number of fused-ring (bicyclic) bond motifs is 1. The Morgan fingerprint density at radius 3 is 2.84 bits per heavy atom. The summed E-state index contributed by atoms with van der Waals surface area (Å²) >= 11 is 6.10. The fourth-order valence-corrected chi connectivity index (χ4v) is 2.33. The predicted octanol–water partition coefficient (Wildman–Crippen LogP) is 3.30. The van der Waals surface area contributed by atoms with Gasteiger partial charge < -0.3 is 9.30 Å². The third-order valence-electron chi connectivity index (χ3n) is 3.05. The molecule has 0 aliphatic heterocycles. The Balaban J connectivity index is 2.24. The predicted molar refractivity (Wildman–Crippen MR) is 75.5 cm³/mol. The lowest BCUT2D eigenvalue weighted by Gasteiger charge is -2.06. The number of imidazole rings is 1. The Morgan fingerprint density at radius 1 is 1.26 bits per heavy atom. The molecule has 5 heteroatoms. The maximum absolute atomic E-state index is 6.10. The molecule has 0 spiro atoms. The van der Waals surface area contributed by atoms with E-state index in [1.54, 1.807) is 25.6 Å². The molecule has 0 unspecified atom stereocenters. The maximum Gasteiger partial charge on any atom is 0.141 e. The van der Waals surface area contributed by atoms with Crippen molar-refractivity contribution in [2.45, 2.75) is 0 Å². The summed E-state index contributed by atoms with van der Waals surface area (Å²) in [5.74, 6) is 1.55. The topological polar surface area (TPSA) is 39.9 Å². The highest BCUT2D eigenvalue weighted by atomic mass is 35.5. The van der Waals surface area contributed by atoms with E-state index in [9.17, 15) is 0 Å². The Labute approximate surface area is 115 Å². The summed E-state index contributed by atoms with van der Waals surface area (Å²) in [5, 5.41) is 0.625. The fraction of sp³-hybridized carbons (Fsp3) is 0.143. The number of hydrogen-bond donors (Lipinski definition) is 0. The second-order valence-corrected chi connectivity index (χ2v) is 4.67. The molecule has 19 heavy (non-hydrogen) atoms. The zero-order valence-corrected chi connectivity index (χ0v) is 11.3. The lowest BCUT2D eigenvalue weighted by atomic mass is 10.2. The van der Waals surface area contributed by atoms with E-state index in [-0.39, 0.29) is 0 Å². The maximum atomic E-state index is 6.10. The van der Waals surface area contributed by atoms with Crippen LogP contribution in [0.25, 0.3) is 22.4 Å². The van der Waals surface area contributed by atoms with Gasteiger partial charge in [-0.15, -0.1) is 0 Å². The van der Waals surface area contributed by atoms with E-state index >= 15 is 0 Å². The average Bonchev–Trinajstić information content (AvgIpc) is 2.76. The minimum absolute atomic E-state index is 0.625. The summed E-state index contributed by atoms with van der Waals surface area (Å²) in [4.78, 5) is 8.73. The van der Waals surface area contributed by atoms with Crippen LogP contribution in [0.3, 0.4) is 0 Å². The molecule has 0 aliphatic rings. The van der Waals surface area contributed by atoms with Crippen LogP contribution >= 0.6 is 11.6 Å². The van der Waals surface area contributed by atoms with E-state index < -0.39 is 0 Å². The fourth-order valence-electron chi connectivity index (χ4n) is 2.10. The molecule has 1 aromatic carbocycles. The number of halogens is 1. The van der Waals surface area contributed by atoms with Gasteiger partial charge in [-0.25, -0.2) is 4.98 Å². The second kappa shape index (κ2) is 4.55. The number of hydrogen-bond acceptors (Lipinski definition) is 3. The first kappa shape index (κ1) is 12.0. The van der Waals surface area contributed by atoms with Crippen molar-refractivity contribution in [3.63, 3.8) is 0 Å². The van der Waals surface area contributed by atoms with Gasteiger partial charge in [0.2, 0.25) is 0 Å². The second-order valence-electron chi connectivity index (χ2n) is 4.24. The van der Waals surface area contributed by atoms with Gasteiger partial charge in [0, 0.05) is 23.8 Å². The molecule has 0 bridgehead atoms. The molecule has 0 radical (unpaired) electrons. The smallest absolute Gasteiger partial charge is 0.141 e. The molecule has 0 saturated carbocycles. The van der Waals surface area contributed by atoms with Gasteiger partial charge >= 0.3 is 0 Å². The number of rotatable bonds is 2. The van der Waals surface area contributed by atoms with Gasteiger partial charge in [-0.3, -0.25) is 4.98 Å². The third-order valence-corrected chi connectivity index (χ3v) is 3.27. The van der Waals surface area contributed by atoms with Crippen LogP contribution < -0.4 is 4.74 Å². The van der Waals surface area contributed by atoms with Gasteiger partial charge in [-0.05, 0) is 24.3 Å². The van der Waals surface area contributed by atoms with E-state index in [4.69, 9.17) is 16.3 Å². The van der Waals surface area contributed by atoms with Gasteiger partial charge in [0.25, 0.3) is 0 Å². The standard InChI is InChI=1S/C14H12ClN3O/c1-18-13-8-16-4-3-12(13)17-14(18)9-5-10(15)7-11(6-9)19-2/h3-8H,1-2H3. The molecule has 3 aromatic rings. The van der Waals surface area contributed by atoms with E-state index in [0.717, 1.165) is 22.4 Å². The Hall–Kier alpha value is -2.07. The number of benzene rings is 1. The minimum atomic E-state index is 0.625. The molecule has 4 nitrogen and oxygen atoms in total. The highest BCUT2D eigenvalue weighted by Crippen LogP contribution is 2.29. The molecule has 0 aliphatic carbocycles. The molecule has 0 saturated heterocycles. The molecule has 0 atom stereocenters. The Morgan fingerprint density at radius 2 is 2.11 bits per heavy atom. The van der Waals surface area contributed by atoms with Crippen molar-refractivity contribution in [2.24, 2.45) is 7.05 Å². The number of aryl methyl sites for hydroxylation is 1. The van der Waals surface area contributed by atoms with Crippen LogP contribution in [0.15, 0.2) is 36.7 Å². The van der Waals surface area contributed by atoms with Crippen LogP contribution in [0.4, 0.5) is 0 Å². The summed E-state index contributed by atoms with van der Waals surface area (Å²) in [5.41, 5.74) is 2.81. The number of ether oxygens (including phenoxy) is 1. The van der Waals surface area contributed by atoms with Gasteiger partial charge in [0.1, 0.15) is 11.6 Å². The van der Waals surface area contributed by atoms with E-state index in [0.29, 0.717) is 10.8 Å². The molecular formula is C14H12ClN3O. The van der Waals surface area contributed by atoms with Crippen molar-refractivity contribution >= 4 is 22.6 Å². The van der Waals surface area contributed by atoms with Crippen molar-refractivity contribution in [3.05, 3.63) is 41.7 Å². The highest BCUT2D eigenvalue weighted by Gasteiger charge is 2.11. The summed E-state index contributed by atoms with van der Waals surface area (Å²) in [7, 11) is 3.58. The number of pyridine rings is 1. The van der Waals surface area contributed by atoms with Gasteiger partial charge in [0.15, 0.2) is 0 Å². The van der Waals surface area contributed by atoms with Crippen molar-refractivity contribution < 1.29 is 4.74 Å². The van der Waals surface area contributed by atoms with Crippen LogP contribution in [0.1, 0.15) is 0 Å². The van der Waals surface area contributed by atoms with Crippen molar-refractivity contribution in [3.8, 4) is 17.1 Å². The zero-order chi connectivity index (χ0) is 13.4. The van der Waals surface area contributed by atoms with E-state index in [2.05, 4.69) is 9.97 Å². The summed E-state index contributed by atoms with van der Waals surface area (Å²) < 4.78 is 7.23. The zero-order valence-electron chi connectivity index (χ0n) is 10.6. The highest BCUT2D eigenvalue weighted by molar-refractivity contribution is 6.31. The van der Waals surface area contributed by atoms with Gasteiger partial charge in [-0.1, -0.05) is 11.6 Å². The lowest BCUT2D eigenvalue weighted by molar-refractivity contribution is 0.415. The van der Waals surface area contributed by atoms with E-state index in [1.165, 1.54) is 0 Å². The van der Waals surface area contributed by atoms with Crippen molar-refractivity contribution in [1.29, 1.82) is 0 Å². The third kappa shape index (κ3) is 2.04. The molecule has 0 amide bonds. The SMILES string of the molecule is COc1cc(Cl)cc(-c2nc3ccncc3n2C)c1. The normalized spacial score (nSPS) is 10.9. The van der Waals surface area contributed by atoms with Crippen LogP contribution in [-0.4, -0.2) is 21.6 Å². The Kier molecular flexibility index (Phi) is 2.87. The monoisotopic (exact) mass is 273 g/mol. The van der Waals surface area contributed by atoms with Gasteiger partial charge in [0.05, 0.1) is 24.3 Å². The molecule has 0 N–H and O–H groups in total. The van der Waals surface area contributed by atoms with Crippen molar-refractivity contribution in [1.82, 2.24) is 14.5 Å². The van der Waals surface area contributed by atoms with Crippen LogP contribution in [0.5, 0.6) is 5.75 Å². The first-order valence-corrected chi connectivity index (χ1v) is 6.18. The van der Waals surface area contributed by atoms with E-state index in [1.807, 2.05) is 29.8 Å². The van der Waals surface area contributed by atoms with Crippen LogP contribution in [0, 0.1) is 0 Å². The van der Waals surface area contributed by atoms with Crippen LogP contribution in [0.2, 0.25) is 5.02 Å². The molecular weight excluding hydrogens is 262 g/mol. The van der Waals surface area contributed by atoms with Gasteiger partial charge in [-0.2, -0.15) is 0 Å². The largest absolute Gasteiger partial charge is 0.497 e. The molecule has 96 valence electrons. The molecule has 3 rings (SSSR count). The molecule has 2 aromatic heterocycles. The molecule has 0 fully saturated rings. The summed E-state index contributed by atoms with van der Waals surface area (Å²) in [6.07, 6.45) is 3.53. The summed E-state index contributed by atoms with van der Waals surface area (Å²) in [6, 6.07) is 7.45. The number of aromatic nitrogens is 3. The van der Waals surface area contributed by atoms with Crippen LogP contribution in [-0.2, 0) is 7.05 Å². The Bertz CT molecular complexity index is 752. The average molecular weight is 274 g/mol. The number of nitrogens with zero attached hydrogens (tertiary/aromatic N) is 3.